The summed E-state index contributed by atoms with van der Waals surface area (Å²) in [4.78, 5) is 34.1. The van der Waals surface area contributed by atoms with Gasteiger partial charge in [-0.05, 0) is 37.2 Å². The highest BCUT2D eigenvalue weighted by Gasteiger charge is 2.33. The number of carbonyl (C=O) groups is 2. The second kappa shape index (κ2) is 10.1. The van der Waals surface area contributed by atoms with Crippen LogP contribution in [0, 0.1) is 0 Å². The van der Waals surface area contributed by atoms with Crippen LogP contribution in [0.25, 0.3) is 11.3 Å². The number of aromatic nitrogens is 2. The number of rotatable bonds is 8. The number of hydrogen-bond donors (Lipinski definition) is 3. The predicted octanol–water partition coefficient (Wildman–Crippen LogP) is 2.69. The molecule has 3 aromatic rings. The van der Waals surface area contributed by atoms with Crippen LogP contribution in [0.3, 0.4) is 0 Å². The van der Waals surface area contributed by atoms with E-state index in [1.165, 1.54) is 4.90 Å². The number of phenolic OH excluding ortho intramolecular Hbond substituents is 1. The smallest absolute Gasteiger partial charge is 0.415 e. The van der Waals surface area contributed by atoms with Crippen molar-refractivity contribution in [1.82, 2.24) is 15.3 Å². The first kappa shape index (κ1) is 23.4. The molecule has 11 heteroatoms. The maximum absolute atomic E-state index is 12.4. The van der Waals surface area contributed by atoms with Crippen molar-refractivity contribution in [2.45, 2.75) is 19.1 Å². The first-order valence-electron chi connectivity index (χ1n) is 11.5. The third kappa shape index (κ3) is 4.86. The predicted molar refractivity (Wildman–Crippen MR) is 130 cm³/mol. The fourth-order valence-electron chi connectivity index (χ4n) is 4.07. The van der Waals surface area contributed by atoms with Crippen molar-refractivity contribution >= 4 is 23.6 Å². The van der Waals surface area contributed by atoms with Crippen LogP contribution in [0.1, 0.15) is 12.0 Å². The van der Waals surface area contributed by atoms with Crippen LogP contribution in [0.15, 0.2) is 48.5 Å². The second-order valence-electron chi connectivity index (χ2n) is 8.31. The van der Waals surface area contributed by atoms with E-state index in [1.807, 2.05) is 24.3 Å². The lowest BCUT2D eigenvalue weighted by Gasteiger charge is -2.19. The molecule has 0 spiro atoms. The van der Waals surface area contributed by atoms with E-state index in [0.717, 1.165) is 5.56 Å². The molecule has 1 fully saturated rings. The van der Waals surface area contributed by atoms with Gasteiger partial charge in [0.15, 0.2) is 18.2 Å². The number of nitrogens with zero attached hydrogens (tertiary/aromatic N) is 3. The number of benzene rings is 1. The van der Waals surface area contributed by atoms with Gasteiger partial charge in [0.05, 0.1) is 19.3 Å². The number of carbonyl (C=O) groups excluding carboxylic acids is 2. The van der Waals surface area contributed by atoms with Gasteiger partial charge in [-0.2, -0.15) is 0 Å². The summed E-state index contributed by atoms with van der Waals surface area (Å²) in [5, 5.41) is 16.7. The molecule has 4 heterocycles. The average Bonchev–Trinajstić information content (AvgIpc) is 3.27. The number of hydrogen-bond acceptors (Lipinski definition) is 9. The first-order valence-corrected chi connectivity index (χ1v) is 11.5. The SMILES string of the molecule is COc1cccc(-c2cccc(CNCCC3CN(c4ccc5c(n4)NC(=O)CO5)C(=O)O3)c2O)n1. The van der Waals surface area contributed by atoms with Crippen molar-refractivity contribution in [3.05, 3.63) is 54.1 Å². The van der Waals surface area contributed by atoms with E-state index in [1.54, 1.807) is 31.4 Å². The Hall–Kier alpha value is -4.38. The molecule has 5 rings (SSSR count). The van der Waals surface area contributed by atoms with E-state index in [9.17, 15) is 14.7 Å². The Balaban J connectivity index is 1.16. The normalized spacial score (nSPS) is 16.7. The number of nitrogens with one attached hydrogen (secondary N) is 2. The molecule has 0 bridgehead atoms. The molecule has 0 radical (unpaired) electrons. The number of para-hydroxylation sites is 1. The molecule has 1 saturated heterocycles. The number of phenols is 1. The highest BCUT2D eigenvalue weighted by molar-refractivity contribution is 5.95. The van der Waals surface area contributed by atoms with Gasteiger partial charge in [-0.25, -0.2) is 14.8 Å². The number of cyclic esters (lactones) is 1. The van der Waals surface area contributed by atoms with Crippen molar-refractivity contribution < 1.29 is 28.9 Å². The standard InChI is InChI=1S/C25H25N5O6/c1-34-22-7-3-6-18(27-22)17-5-2-4-15(23(17)32)12-26-11-10-16-13-30(25(33)36-16)20-9-8-19-24(28-20)29-21(31)14-35-19/h2-9,16,26,32H,10-14H2,1H3,(H,28,29,31). The monoisotopic (exact) mass is 491 g/mol. The molecule has 2 aromatic heterocycles. The molecule has 0 aliphatic carbocycles. The van der Waals surface area contributed by atoms with Crippen molar-refractivity contribution in [3.8, 4) is 28.6 Å². The maximum atomic E-state index is 12.4. The molecular weight excluding hydrogens is 466 g/mol. The number of ether oxygens (including phenoxy) is 3. The van der Waals surface area contributed by atoms with Crippen LogP contribution in [0.4, 0.5) is 16.4 Å². The highest BCUT2D eigenvalue weighted by atomic mass is 16.6. The molecule has 3 N–H and O–H groups in total. The Labute approximate surface area is 207 Å². The number of anilines is 2. The summed E-state index contributed by atoms with van der Waals surface area (Å²) in [6.45, 7) is 1.27. The van der Waals surface area contributed by atoms with E-state index < -0.39 is 6.09 Å². The Kier molecular flexibility index (Phi) is 6.54. The van der Waals surface area contributed by atoms with Gasteiger partial charge in [-0.1, -0.05) is 18.2 Å². The lowest BCUT2D eigenvalue weighted by molar-refractivity contribution is -0.118. The fraction of sp³-hybridized carbons (Fsp3) is 0.280. The van der Waals surface area contributed by atoms with E-state index in [4.69, 9.17) is 14.2 Å². The minimum Gasteiger partial charge on any atom is -0.507 e. The van der Waals surface area contributed by atoms with Crippen LogP contribution in [-0.2, 0) is 16.1 Å². The highest BCUT2D eigenvalue weighted by Crippen LogP contribution is 2.32. The molecule has 1 atom stereocenters. The van der Waals surface area contributed by atoms with Gasteiger partial charge in [-0.3, -0.25) is 9.69 Å². The zero-order chi connectivity index (χ0) is 25.1. The largest absolute Gasteiger partial charge is 0.507 e. The van der Waals surface area contributed by atoms with Crippen molar-refractivity contribution in [2.75, 3.05) is 37.0 Å². The lowest BCUT2D eigenvalue weighted by atomic mass is 10.1. The topological polar surface area (TPSA) is 135 Å². The summed E-state index contributed by atoms with van der Waals surface area (Å²) < 4.78 is 16.0. The van der Waals surface area contributed by atoms with Crippen molar-refractivity contribution in [1.29, 1.82) is 0 Å². The summed E-state index contributed by atoms with van der Waals surface area (Å²) in [5.41, 5.74) is 1.96. The fourth-order valence-corrected chi connectivity index (χ4v) is 4.07. The maximum Gasteiger partial charge on any atom is 0.415 e. The number of aromatic hydroxyl groups is 1. The van der Waals surface area contributed by atoms with E-state index in [2.05, 4.69) is 20.6 Å². The zero-order valence-electron chi connectivity index (χ0n) is 19.6. The summed E-state index contributed by atoms with van der Waals surface area (Å²) in [6, 6.07) is 14.2. The molecule has 1 aromatic carbocycles. The van der Waals surface area contributed by atoms with Crippen LogP contribution in [-0.4, -0.2) is 60.0 Å². The minimum absolute atomic E-state index is 0.0607. The summed E-state index contributed by atoms with van der Waals surface area (Å²) in [5.74, 6) is 1.45. The van der Waals surface area contributed by atoms with Gasteiger partial charge >= 0.3 is 6.09 Å². The number of fused-ring (bicyclic) bond motifs is 1. The van der Waals surface area contributed by atoms with Crippen LogP contribution < -0.4 is 25.0 Å². The molecule has 36 heavy (non-hydrogen) atoms. The van der Waals surface area contributed by atoms with Gasteiger partial charge < -0.3 is 30.0 Å². The molecule has 2 amide bonds. The number of methoxy groups -OCH3 is 1. The average molecular weight is 492 g/mol. The van der Waals surface area contributed by atoms with Crippen LogP contribution in [0.5, 0.6) is 17.4 Å². The van der Waals surface area contributed by atoms with Crippen molar-refractivity contribution in [3.63, 3.8) is 0 Å². The van der Waals surface area contributed by atoms with E-state index in [0.29, 0.717) is 54.8 Å². The second-order valence-corrected chi connectivity index (χ2v) is 8.31. The van der Waals surface area contributed by atoms with Crippen LogP contribution in [0.2, 0.25) is 0 Å². The molecule has 186 valence electrons. The van der Waals surface area contributed by atoms with Crippen LogP contribution >= 0.6 is 0 Å². The molecule has 11 nitrogen and oxygen atoms in total. The molecular formula is C25H25N5O6. The van der Waals surface area contributed by atoms with Gasteiger partial charge in [0.25, 0.3) is 5.91 Å². The molecule has 2 aliphatic rings. The third-order valence-electron chi connectivity index (χ3n) is 5.90. The number of pyridine rings is 2. The Bertz CT molecular complexity index is 1300. The summed E-state index contributed by atoms with van der Waals surface area (Å²) in [7, 11) is 1.55. The molecule has 1 unspecified atom stereocenters. The summed E-state index contributed by atoms with van der Waals surface area (Å²) >= 11 is 0. The molecule has 0 saturated carbocycles. The zero-order valence-corrected chi connectivity index (χ0v) is 19.6. The minimum atomic E-state index is -0.494. The van der Waals surface area contributed by atoms with Gasteiger partial charge in [0.2, 0.25) is 5.88 Å². The Morgan fingerprint density at radius 2 is 2.03 bits per heavy atom. The number of amides is 2. The molecule has 2 aliphatic heterocycles. The van der Waals surface area contributed by atoms with Gasteiger partial charge in [0.1, 0.15) is 17.7 Å². The van der Waals surface area contributed by atoms with E-state index >= 15 is 0 Å². The third-order valence-corrected chi connectivity index (χ3v) is 5.90. The summed E-state index contributed by atoms with van der Waals surface area (Å²) in [6.07, 6.45) is -0.244. The van der Waals surface area contributed by atoms with Gasteiger partial charge in [-0.15, -0.1) is 0 Å². The lowest BCUT2D eigenvalue weighted by Crippen LogP contribution is -2.29. The van der Waals surface area contributed by atoms with Crippen molar-refractivity contribution in [2.24, 2.45) is 0 Å². The first-order chi connectivity index (χ1) is 17.5. The quantitative estimate of drug-likeness (QED) is 0.407. The van der Waals surface area contributed by atoms with Gasteiger partial charge in [0, 0.05) is 23.7 Å². The van der Waals surface area contributed by atoms with E-state index in [-0.39, 0.29) is 30.2 Å². The Morgan fingerprint density at radius 1 is 1.17 bits per heavy atom. The Morgan fingerprint density at radius 3 is 2.89 bits per heavy atom.